The Hall–Kier alpha value is -1.20. The lowest BCUT2D eigenvalue weighted by molar-refractivity contribution is 0.419. The molecule has 1 aromatic heterocycles. The zero-order valence-electron chi connectivity index (χ0n) is 8.74. The zero-order chi connectivity index (χ0) is 11.9. The van der Waals surface area contributed by atoms with Crippen LogP contribution in [0.2, 0.25) is 0 Å². The first kappa shape index (κ1) is 11.3. The molecule has 0 fully saturated rings. The summed E-state index contributed by atoms with van der Waals surface area (Å²) in [7, 11) is 3.11. The van der Waals surface area contributed by atoms with E-state index in [4.69, 9.17) is 15.4 Å². The lowest BCUT2D eigenvalue weighted by Gasteiger charge is -2.02. The quantitative estimate of drug-likeness (QED) is 0.843. The summed E-state index contributed by atoms with van der Waals surface area (Å²) < 4.78 is 28.1. The van der Waals surface area contributed by atoms with Crippen LogP contribution in [0.4, 0.5) is 0 Å². The fraction of sp³-hybridized carbons (Fsp3) is 0.200. The van der Waals surface area contributed by atoms with Crippen LogP contribution in [0.1, 0.15) is 5.69 Å². The van der Waals surface area contributed by atoms with Gasteiger partial charge in [0.2, 0.25) is 0 Å². The molecule has 0 bridgehead atoms. The van der Waals surface area contributed by atoms with Gasteiger partial charge in [0.25, 0.3) is 9.05 Å². The van der Waals surface area contributed by atoms with Gasteiger partial charge in [-0.3, -0.25) is 0 Å². The highest BCUT2D eigenvalue weighted by atomic mass is 35.7. The van der Waals surface area contributed by atoms with Gasteiger partial charge in [-0.15, -0.1) is 0 Å². The third kappa shape index (κ3) is 1.66. The number of ether oxygens (including phenoxy) is 1. The first-order valence-electron chi connectivity index (χ1n) is 4.55. The Kier molecular flexibility index (Phi) is 2.59. The van der Waals surface area contributed by atoms with Crippen LogP contribution < -0.4 is 4.74 Å². The van der Waals surface area contributed by atoms with E-state index in [0.29, 0.717) is 22.3 Å². The van der Waals surface area contributed by atoms with E-state index in [0.717, 1.165) is 0 Å². The topological polar surface area (TPSA) is 59.2 Å². The van der Waals surface area contributed by atoms with Gasteiger partial charge in [0.05, 0.1) is 18.0 Å². The number of aryl methyl sites for hydroxylation is 1. The van der Waals surface area contributed by atoms with E-state index in [2.05, 4.69) is 4.98 Å². The van der Waals surface area contributed by atoms with Gasteiger partial charge in [0.15, 0.2) is 0 Å². The maximum absolute atomic E-state index is 11.5. The summed E-state index contributed by atoms with van der Waals surface area (Å²) in [5, 5.41) is 0.498. The Labute approximate surface area is 97.6 Å². The van der Waals surface area contributed by atoms with Crippen molar-refractivity contribution in [3.05, 3.63) is 23.9 Å². The van der Waals surface area contributed by atoms with Crippen molar-refractivity contribution in [2.75, 3.05) is 7.11 Å². The summed E-state index contributed by atoms with van der Waals surface area (Å²) in [6.45, 7) is 1.66. The summed E-state index contributed by atoms with van der Waals surface area (Å²) in [6.07, 6.45) is 0. The van der Waals surface area contributed by atoms with Crippen LogP contribution in [0.15, 0.2) is 23.1 Å². The van der Waals surface area contributed by atoms with Crippen LogP contribution in [-0.2, 0) is 9.05 Å². The number of rotatable bonds is 2. The molecule has 0 saturated heterocycles. The minimum atomic E-state index is -3.79. The Balaban J connectivity index is 2.98. The molecule has 0 aliphatic rings. The molecule has 2 aromatic rings. The van der Waals surface area contributed by atoms with Crippen LogP contribution >= 0.6 is 10.7 Å². The second kappa shape index (κ2) is 3.68. The second-order valence-corrected chi connectivity index (χ2v) is 5.90. The molecule has 2 rings (SSSR count). The predicted molar refractivity (Wildman–Crippen MR) is 62.6 cm³/mol. The van der Waals surface area contributed by atoms with Crippen molar-refractivity contribution in [3.8, 4) is 5.75 Å². The minimum Gasteiger partial charge on any atom is -0.496 e. The highest BCUT2D eigenvalue weighted by molar-refractivity contribution is 8.14. The number of aromatic amines is 1. The van der Waals surface area contributed by atoms with E-state index in [1.54, 1.807) is 25.1 Å². The summed E-state index contributed by atoms with van der Waals surface area (Å²) in [5.74, 6) is 0.487. The number of fused-ring (bicyclic) bond motifs is 1. The second-order valence-electron chi connectivity index (χ2n) is 3.40. The van der Waals surface area contributed by atoms with Crippen molar-refractivity contribution in [1.82, 2.24) is 4.98 Å². The molecule has 0 spiro atoms. The maximum atomic E-state index is 11.5. The molecule has 6 heteroatoms. The van der Waals surface area contributed by atoms with Gasteiger partial charge < -0.3 is 9.72 Å². The smallest absolute Gasteiger partial charge is 0.263 e. The molecule has 16 heavy (non-hydrogen) atoms. The van der Waals surface area contributed by atoms with E-state index in [1.165, 1.54) is 7.11 Å². The Bertz CT molecular complexity index is 645. The van der Waals surface area contributed by atoms with E-state index < -0.39 is 9.05 Å². The van der Waals surface area contributed by atoms with Crippen molar-refractivity contribution in [2.45, 2.75) is 11.8 Å². The Morgan fingerprint density at radius 2 is 2.06 bits per heavy atom. The van der Waals surface area contributed by atoms with E-state index >= 15 is 0 Å². The molecule has 1 heterocycles. The van der Waals surface area contributed by atoms with Gasteiger partial charge in [-0.2, -0.15) is 0 Å². The van der Waals surface area contributed by atoms with Gasteiger partial charge in [0, 0.05) is 16.4 Å². The lowest BCUT2D eigenvalue weighted by atomic mass is 10.2. The number of hydrogen-bond acceptors (Lipinski definition) is 3. The van der Waals surface area contributed by atoms with Crippen molar-refractivity contribution >= 4 is 30.6 Å². The summed E-state index contributed by atoms with van der Waals surface area (Å²) in [4.78, 5) is 3.05. The third-order valence-corrected chi connectivity index (χ3v) is 3.84. The molecule has 0 amide bonds. The highest BCUT2D eigenvalue weighted by Gasteiger charge is 2.22. The summed E-state index contributed by atoms with van der Waals surface area (Å²) in [5.41, 5.74) is 1.20. The number of hydrogen-bond donors (Lipinski definition) is 1. The molecule has 0 aliphatic carbocycles. The molecule has 0 aliphatic heterocycles. The predicted octanol–water partition coefficient (Wildman–Crippen LogP) is 2.41. The van der Waals surface area contributed by atoms with Gasteiger partial charge >= 0.3 is 0 Å². The number of benzene rings is 1. The van der Waals surface area contributed by atoms with Crippen LogP contribution in [0.3, 0.4) is 0 Å². The fourth-order valence-corrected chi connectivity index (χ4v) is 3.24. The molecule has 0 atom stereocenters. The first-order valence-corrected chi connectivity index (χ1v) is 6.86. The summed E-state index contributed by atoms with van der Waals surface area (Å²) >= 11 is 0. The standard InChI is InChI=1S/C10H10ClNO3S/c1-6-10(16(11,13)14)9-7(12-6)4-3-5-8(9)15-2/h3-5,12H,1-2H3. The molecule has 4 nitrogen and oxygen atoms in total. The largest absolute Gasteiger partial charge is 0.496 e. The molecule has 1 aromatic carbocycles. The summed E-state index contributed by atoms with van der Waals surface area (Å²) in [6, 6.07) is 5.25. The number of nitrogens with one attached hydrogen (secondary N) is 1. The average Bonchev–Trinajstić information content (AvgIpc) is 2.52. The number of methoxy groups -OCH3 is 1. The number of aromatic nitrogens is 1. The van der Waals surface area contributed by atoms with E-state index in [-0.39, 0.29) is 4.90 Å². The molecule has 86 valence electrons. The van der Waals surface area contributed by atoms with Crippen molar-refractivity contribution in [2.24, 2.45) is 0 Å². The van der Waals surface area contributed by atoms with Gasteiger partial charge in [-0.05, 0) is 19.1 Å². The fourth-order valence-electron chi connectivity index (χ4n) is 1.79. The first-order chi connectivity index (χ1) is 7.45. The number of halogens is 1. The lowest BCUT2D eigenvalue weighted by Crippen LogP contribution is -1.93. The van der Waals surface area contributed by atoms with Crippen molar-refractivity contribution in [3.63, 3.8) is 0 Å². The Morgan fingerprint density at radius 3 is 2.62 bits per heavy atom. The van der Waals surface area contributed by atoms with Crippen LogP contribution in [0.25, 0.3) is 10.9 Å². The number of H-pyrrole nitrogens is 1. The monoisotopic (exact) mass is 259 g/mol. The van der Waals surface area contributed by atoms with Crippen LogP contribution in [-0.4, -0.2) is 20.5 Å². The Morgan fingerprint density at radius 1 is 1.38 bits per heavy atom. The van der Waals surface area contributed by atoms with Gasteiger partial charge in [-0.25, -0.2) is 8.42 Å². The average molecular weight is 260 g/mol. The maximum Gasteiger partial charge on any atom is 0.263 e. The van der Waals surface area contributed by atoms with Gasteiger partial charge in [0.1, 0.15) is 10.6 Å². The molecular weight excluding hydrogens is 250 g/mol. The highest BCUT2D eigenvalue weighted by Crippen LogP contribution is 2.35. The molecule has 0 radical (unpaired) electrons. The third-order valence-electron chi connectivity index (χ3n) is 2.38. The molecule has 1 N–H and O–H groups in total. The van der Waals surface area contributed by atoms with E-state index in [1.807, 2.05) is 0 Å². The van der Waals surface area contributed by atoms with Crippen molar-refractivity contribution < 1.29 is 13.2 Å². The molecule has 0 unspecified atom stereocenters. The molecular formula is C10H10ClNO3S. The minimum absolute atomic E-state index is 0.0848. The normalized spacial score (nSPS) is 11.9. The van der Waals surface area contributed by atoms with Crippen molar-refractivity contribution in [1.29, 1.82) is 0 Å². The molecule has 0 saturated carbocycles. The SMILES string of the molecule is COc1cccc2[nH]c(C)c(S(=O)(=O)Cl)c12. The van der Waals surface area contributed by atoms with Crippen LogP contribution in [0.5, 0.6) is 5.75 Å². The van der Waals surface area contributed by atoms with E-state index in [9.17, 15) is 8.42 Å². The van der Waals surface area contributed by atoms with Crippen LogP contribution in [0, 0.1) is 6.92 Å². The van der Waals surface area contributed by atoms with Gasteiger partial charge in [-0.1, -0.05) is 6.07 Å². The zero-order valence-corrected chi connectivity index (χ0v) is 10.3.